The van der Waals surface area contributed by atoms with Gasteiger partial charge < -0.3 is 14.8 Å². The van der Waals surface area contributed by atoms with Crippen LogP contribution in [0.4, 0.5) is 5.69 Å². The molecular formula is C16H17N3O2S. The summed E-state index contributed by atoms with van der Waals surface area (Å²) in [6.45, 7) is 0. The number of nitrogens with one attached hydrogen (secondary N) is 2. The van der Waals surface area contributed by atoms with Gasteiger partial charge >= 0.3 is 0 Å². The molecule has 0 aliphatic carbocycles. The molecule has 2 aromatic rings. The van der Waals surface area contributed by atoms with Crippen LogP contribution in [-0.4, -0.2) is 25.5 Å². The zero-order valence-electron chi connectivity index (χ0n) is 12.4. The summed E-state index contributed by atoms with van der Waals surface area (Å²) in [6, 6.07) is 15.1. The van der Waals surface area contributed by atoms with Crippen LogP contribution in [0.1, 0.15) is 5.56 Å². The minimum atomic E-state index is 0.412. The lowest BCUT2D eigenvalue weighted by molar-refractivity contribution is 0.394. The summed E-state index contributed by atoms with van der Waals surface area (Å²) >= 11 is 5.16. The van der Waals surface area contributed by atoms with Gasteiger partial charge in [-0.2, -0.15) is 5.10 Å². The Morgan fingerprint density at radius 3 is 2.55 bits per heavy atom. The first-order valence-electron chi connectivity index (χ1n) is 6.60. The second-order valence-electron chi connectivity index (χ2n) is 4.30. The van der Waals surface area contributed by atoms with Gasteiger partial charge in [-0.25, -0.2) is 0 Å². The van der Waals surface area contributed by atoms with Crippen LogP contribution >= 0.6 is 12.2 Å². The summed E-state index contributed by atoms with van der Waals surface area (Å²) in [5.74, 6) is 1.40. The minimum Gasteiger partial charge on any atom is -0.497 e. The number of para-hydroxylation sites is 1. The third-order valence-corrected chi connectivity index (χ3v) is 3.04. The first-order chi connectivity index (χ1) is 10.7. The van der Waals surface area contributed by atoms with Crippen molar-refractivity contribution in [2.45, 2.75) is 0 Å². The molecule has 0 aromatic heterocycles. The zero-order chi connectivity index (χ0) is 15.8. The van der Waals surface area contributed by atoms with Gasteiger partial charge in [0.2, 0.25) is 0 Å². The highest BCUT2D eigenvalue weighted by Gasteiger charge is 2.02. The van der Waals surface area contributed by atoms with Gasteiger partial charge in [-0.1, -0.05) is 18.2 Å². The topological polar surface area (TPSA) is 54.9 Å². The number of rotatable bonds is 5. The van der Waals surface area contributed by atoms with Gasteiger partial charge in [0.25, 0.3) is 0 Å². The van der Waals surface area contributed by atoms with E-state index in [1.165, 1.54) is 0 Å². The van der Waals surface area contributed by atoms with Crippen molar-refractivity contribution in [1.82, 2.24) is 5.43 Å². The second-order valence-corrected chi connectivity index (χ2v) is 4.71. The molecule has 0 spiro atoms. The van der Waals surface area contributed by atoms with Crippen LogP contribution in [0.2, 0.25) is 0 Å². The summed E-state index contributed by atoms with van der Waals surface area (Å²) in [7, 11) is 3.21. The molecule has 2 rings (SSSR count). The van der Waals surface area contributed by atoms with Gasteiger partial charge in [0.05, 0.1) is 20.4 Å². The average Bonchev–Trinajstić information content (AvgIpc) is 2.56. The highest BCUT2D eigenvalue weighted by molar-refractivity contribution is 7.80. The van der Waals surface area contributed by atoms with E-state index >= 15 is 0 Å². The Morgan fingerprint density at radius 1 is 1.09 bits per heavy atom. The van der Waals surface area contributed by atoms with Crippen molar-refractivity contribution in [3.8, 4) is 11.5 Å². The normalized spacial score (nSPS) is 10.3. The predicted octanol–water partition coefficient (Wildman–Crippen LogP) is 3.02. The van der Waals surface area contributed by atoms with E-state index in [9.17, 15) is 0 Å². The highest BCUT2D eigenvalue weighted by Crippen LogP contribution is 2.22. The van der Waals surface area contributed by atoms with Crippen LogP contribution in [0.5, 0.6) is 11.5 Å². The molecule has 0 heterocycles. The molecule has 0 radical (unpaired) electrons. The number of thiocarbonyl (C=S) groups is 1. The summed E-state index contributed by atoms with van der Waals surface area (Å²) in [5.41, 5.74) is 4.48. The SMILES string of the molecule is COc1ccc(C=NNC(=S)Nc2ccccc2)c(OC)c1. The predicted molar refractivity (Wildman–Crippen MR) is 92.9 cm³/mol. The van der Waals surface area contributed by atoms with Gasteiger partial charge in [0.1, 0.15) is 11.5 Å². The minimum absolute atomic E-state index is 0.412. The van der Waals surface area contributed by atoms with E-state index < -0.39 is 0 Å². The molecule has 5 nitrogen and oxygen atoms in total. The van der Waals surface area contributed by atoms with E-state index in [-0.39, 0.29) is 0 Å². The van der Waals surface area contributed by atoms with Crippen LogP contribution in [0.25, 0.3) is 0 Å². The summed E-state index contributed by atoms with van der Waals surface area (Å²) in [5, 5.41) is 7.54. The lowest BCUT2D eigenvalue weighted by Gasteiger charge is -2.08. The van der Waals surface area contributed by atoms with Gasteiger partial charge in [0, 0.05) is 17.3 Å². The molecular weight excluding hydrogens is 298 g/mol. The summed E-state index contributed by atoms with van der Waals surface area (Å²) < 4.78 is 10.4. The van der Waals surface area contributed by atoms with Gasteiger partial charge in [-0.15, -0.1) is 0 Å². The number of hydrogen-bond acceptors (Lipinski definition) is 4. The molecule has 0 aliphatic rings. The average molecular weight is 315 g/mol. The Kier molecular flexibility index (Phi) is 5.73. The first-order valence-corrected chi connectivity index (χ1v) is 7.01. The van der Waals surface area contributed by atoms with E-state index in [0.717, 1.165) is 17.0 Å². The van der Waals surface area contributed by atoms with Crippen molar-refractivity contribution >= 4 is 29.2 Å². The molecule has 6 heteroatoms. The van der Waals surface area contributed by atoms with Crippen LogP contribution in [0.15, 0.2) is 53.6 Å². The molecule has 114 valence electrons. The van der Waals surface area contributed by atoms with Crippen molar-refractivity contribution < 1.29 is 9.47 Å². The third kappa shape index (κ3) is 4.46. The van der Waals surface area contributed by atoms with E-state index in [0.29, 0.717) is 10.9 Å². The van der Waals surface area contributed by atoms with Gasteiger partial charge in [0.15, 0.2) is 5.11 Å². The molecule has 0 amide bonds. The van der Waals surface area contributed by atoms with Crippen molar-refractivity contribution in [1.29, 1.82) is 0 Å². The molecule has 0 unspecified atom stereocenters. The highest BCUT2D eigenvalue weighted by atomic mass is 32.1. The molecule has 22 heavy (non-hydrogen) atoms. The fourth-order valence-electron chi connectivity index (χ4n) is 1.77. The fraction of sp³-hybridized carbons (Fsp3) is 0.125. The maximum atomic E-state index is 5.29. The van der Waals surface area contributed by atoms with Crippen molar-refractivity contribution in [3.63, 3.8) is 0 Å². The number of ether oxygens (including phenoxy) is 2. The molecule has 0 saturated heterocycles. The summed E-state index contributed by atoms with van der Waals surface area (Å²) in [4.78, 5) is 0. The van der Waals surface area contributed by atoms with E-state index in [2.05, 4.69) is 15.8 Å². The van der Waals surface area contributed by atoms with Crippen molar-refractivity contribution in [2.75, 3.05) is 19.5 Å². The number of methoxy groups -OCH3 is 2. The van der Waals surface area contributed by atoms with E-state index in [1.54, 1.807) is 26.5 Å². The van der Waals surface area contributed by atoms with Crippen LogP contribution in [0.3, 0.4) is 0 Å². The number of hydrogen-bond donors (Lipinski definition) is 2. The molecule has 0 saturated carbocycles. The van der Waals surface area contributed by atoms with Crippen LogP contribution < -0.4 is 20.2 Å². The largest absolute Gasteiger partial charge is 0.497 e. The van der Waals surface area contributed by atoms with E-state index in [1.807, 2.05) is 42.5 Å². The zero-order valence-corrected chi connectivity index (χ0v) is 13.2. The number of hydrazone groups is 1. The number of benzene rings is 2. The van der Waals surface area contributed by atoms with Crippen LogP contribution in [0, 0.1) is 0 Å². The third-order valence-electron chi connectivity index (χ3n) is 2.84. The van der Waals surface area contributed by atoms with E-state index in [4.69, 9.17) is 21.7 Å². The van der Waals surface area contributed by atoms with Crippen molar-refractivity contribution in [3.05, 3.63) is 54.1 Å². The Hall–Kier alpha value is -2.60. The lowest BCUT2D eigenvalue weighted by atomic mass is 10.2. The smallest absolute Gasteiger partial charge is 0.191 e. The quantitative estimate of drug-likeness (QED) is 0.505. The molecule has 0 bridgehead atoms. The van der Waals surface area contributed by atoms with Gasteiger partial charge in [-0.05, 0) is 36.5 Å². The molecule has 2 N–H and O–H groups in total. The number of anilines is 1. The maximum absolute atomic E-state index is 5.29. The standard InChI is InChI=1S/C16H17N3O2S/c1-20-14-9-8-12(15(10-14)21-2)11-17-19-16(22)18-13-6-4-3-5-7-13/h3-11H,1-2H3,(H2,18,19,22). The lowest BCUT2D eigenvalue weighted by Crippen LogP contribution is -2.23. The van der Waals surface area contributed by atoms with Gasteiger partial charge in [-0.3, -0.25) is 5.43 Å². The maximum Gasteiger partial charge on any atom is 0.191 e. The molecule has 2 aromatic carbocycles. The first kappa shape index (κ1) is 15.8. The molecule has 0 aliphatic heterocycles. The summed E-state index contributed by atoms with van der Waals surface area (Å²) in [6.07, 6.45) is 1.64. The monoisotopic (exact) mass is 315 g/mol. The van der Waals surface area contributed by atoms with Crippen LogP contribution in [-0.2, 0) is 0 Å². The second kappa shape index (κ2) is 7.99. The van der Waals surface area contributed by atoms with Crippen molar-refractivity contribution in [2.24, 2.45) is 5.10 Å². The fourth-order valence-corrected chi connectivity index (χ4v) is 1.94. The Balaban J connectivity index is 1.96. The Labute approximate surface area is 134 Å². The Bertz CT molecular complexity index is 660. The number of nitrogens with zero attached hydrogens (tertiary/aromatic N) is 1. The molecule has 0 fully saturated rings. The Morgan fingerprint density at radius 2 is 1.86 bits per heavy atom. The molecule has 0 atom stereocenters.